The van der Waals surface area contributed by atoms with Gasteiger partial charge in [0.05, 0.1) is 0 Å². The normalized spacial score (nSPS) is 11.5. The lowest BCUT2D eigenvalue weighted by atomic mass is 10.1. The molecule has 0 aromatic heterocycles. The van der Waals surface area contributed by atoms with E-state index in [1.807, 2.05) is 6.08 Å². The van der Waals surface area contributed by atoms with Crippen molar-refractivity contribution in [2.75, 3.05) is 6.54 Å². The highest BCUT2D eigenvalue weighted by Gasteiger charge is 2.06. The van der Waals surface area contributed by atoms with Crippen molar-refractivity contribution in [3.63, 3.8) is 0 Å². The number of rotatable bonds is 4. The van der Waals surface area contributed by atoms with Crippen molar-refractivity contribution in [3.8, 4) is 0 Å². The highest BCUT2D eigenvalue weighted by molar-refractivity contribution is 4.72. The minimum Gasteiger partial charge on any atom is -0.312 e. The maximum absolute atomic E-state index is 3.67. The van der Waals surface area contributed by atoms with Gasteiger partial charge in [-0.15, -0.1) is 6.58 Å². The van der Waals surface area contributed by atoms with Gasteiger partial charge in [0, 0.05) is 5.54 Å². The zero-order valence-electron chi connectivity index (χ0n) is 7.41. The van der Waals surface area contributed by atoms with Gasteiger partial charge in [-0.2, -0.15) is 0 Å². The number of allylic oxidation sites excluding steroid dienone is 1. The molecule has 0 aromatic rings. The van der Waals surface area contributed by atoms with E-state index in [4.69, 9.17) is 0 Å². The Kier molecular flexibility index (Phi) is 4.37. The van der Waals surface area contributed by atoms with E-state index in [1.165, 1.54) is 6.42 Å². The first-order valence-electron chi connectivity index (χ1n) is 3.92. The zero-order chi connectivity index (χ0) is 8.04. The molecule has 0 aromatic carbocycles. The SMILES string of the molecule is C=CCCCNC(C)(C)C. The summed E-state index contributed by atoms with van der Waals surface area (Å²) in [5, 5.41) is 3.41. The van der Waals surface area contributed by atoms with Gasteiger partial charge >= 0.3 is 0 Å². The Hall–Kier alpha value is -0.300. The van der Waals surface area contributed by atoms with Crippen LogP contribution in [0.4, 0.5) is 0 Å². The summed E-state index contributed by atoms with van der Waals surface area (Å²) in [7, 11) is 0. The third-order valence-corrected chi connectivity index (χ3v) is 1.24. The van der Waals surface area contributed by atoms with Gasteiger partial charge in [-0.05, 0) is 40.2 Å². The topological polar surface area (TPSA) is 12.0 Å². The molecule has 0 heterocycles. The second kappa shape index (κ2) is 4.51. The van der Waals surface area contributed by atoms with E-state index in [0.29, 0.717) is 0 Å². The molecule has 60 valence electrons. The molecule has 0 atom stereocenters. The van der Waals surface area contributed by atoms with Gasteiger partial charge in [0.2, 0.25) is 0 Å². The average molecular weight is 141 g/mol. The lowest BCUT2D eigenvalue weighted by molar-refractivity contribution is 0.423. The van der Waals surface area contributed by atoms with Crippen LogP contribution in [0.3, 0.4) is 0 Å². The van der Waals surface area contributed by atoms with Crippen molar-refractivity contribution in [2.45, 2.75) is 39.2 Å². The fourth-order valence-electron chi connectivity index (χ4n) is 0.710. The Morgan fingerprint density at radius 2 is 2.00 bits per heavy atom. The maximum Gasteiger partial charge on any atom is 0.00965 e. The van der Waals surface area contributed by atoms with E-state index in [9.17, 15) is 0 Å². The van der Waals surface area contributed by atoms with Gasteiger partial charge in [0.1, 0.15) is 0 Å². The molecule has 1 heteroatoms. The lowest BCUT2D eigenvalue weighted by Gasteiger charge is -2.19. The van der Waals surface area contributed by atoms with Crippen molar-refractivity contribution in [1.29, 1.82) is 0 Å². The molecular weight excluding hydrogens is 122 g/mol. The zero-order valence-corrected chi connectivity index (χ0v) is 7.41. The van der Waals surface area contributed by atoms with E-state index in [0.717, 1.165) is 13.0 Å². The molecule has 0 fully saturated rings. The second-order valence-electron chi connectivity index (χ2n) is 3.61. The van der Waals surface area contributed by atoms with E-state index >= 15 is 0 Å². The van der Waals surface area contributed by atoms with Gasteiger partial charge < -0.3 is 5.32 Å². The summed E-state index contributed by atoms with van der Waals surface area (Å²) >= 11 is 0. The Morgan fingerprint density at radius 3 is 2.40 bits per heavy atom. The van der Waals surface area contributed by atoms with Gasteiger partial charge in [-0.25, -0.2) is 0 Å². The Bertz CT molecular complexity index is 89.4. The molecule has 0 unspecified atom stereocenters. The van der Waals surface area contributed by atoms with Crippen LogP contribution < -0.4 is 5.32 Å². The summed E-state index contributed by atoms with van der Waals surface area (Å²) in [6.45, 7) is 11.3. The molecule has 0 rings (SSSR count). The average Bonchev–Trinajstić information content (AvgIpc) is 1.78. The molecule has 0 spiro atoms. The standard InChI is InChI=1S/C9H19N/c1-5-6-7-8-10-9(2,3)4/h5,10H,1,6-8H2,2-4H3. The van der Waals surface area contributed by atoms with E-state index < -0.39 is 0 Å². The number of nitrogens with one attached hydrogen (secondary N) is 1. The summed E-state index contributed by atoms with van der Waals surface area (Å²) in [6.07, 6.45) is 4.27. The minimum atomic E-state index is 0.265. The predicted molar refractivity (Wildman–Crippen MR) is 47.2 cm³/mol. The van der Waals surface area contributed by atoms with Gasteiger partial charge in [-0.3, -0.25) is 0 Å². The summed E-state index contributed by atoms with van der Waals surface area (Å²) in [5.41, 5.74) is 0.265. The number of unbranched alkanes of at least 4 members (excludes halogenated alkanes) is 1. The Balaban J connectivity index is 3.12. The lowest BCUT2D eigenvalue weighted by Crippen LogP contribution is -2.36. The molecule has 0 aliphatic heterocycles. The van der Waals surface area contributed by atoms with Crippen LogP contribution in [0.2, 0.25) is 0 Å². The van der Waals surface area contributed by atoms with Crippen molar-refractivity contribution in [3.05, 3.63) is 12.7 Å². The molecule has 0 saturated carbocycles. The molecule has 1 N–H and O–H groups in total. The Labute approximate surface area is 64.5 Å². The third kappa shape index (κ3) is 7.70. The van der Waals surface area contributed by atoms with Crippen LogP contribution in [-0.4, -0.2) is 12.1 Å². The molecule has 0 bridgehead atoms. The first kappa shape index (κ1) is 9.70. The third-order valence-electron chi connectivity index (χ3n) is 1.24. The van der Waals surface area contributed by atoms with E-state index in [-0.39, 0.29) is 5.54 Å². The van der Waals surface area contributed by atoms with Gasteiger partial charge in [-0.1, -0.05) is 6.08 Å². The van der Waals surface area contributed by atoms with Crippen LogP contribution in [0.5, 0.6) is 0 Å². The van der Waals surface area contributed by atoms with Crippen molar-refractivity contribution >= 4 is 0 Å². The van der Waals surface area contributed by atoms with Gasteiger partial charge in [0.25, 0.3) is 0 Å². The van der Waals surface area contributed by atoms with Crippen molar-refractivity contribution in [1.82, 2.24) is 5.32 Å². The molecule has 1 nitrogen and oxygen atoms in total. The second-order valence-corrected chi connectivity index (χ2v) is 3.61. The quantitative estimate of drug-likeness (QED) is 0.468. The summed E-state index contributed by atoms with van der Waals surface area (Å²) in [6, 6.07) is 0. The molecular formula is C9H19N. The van der Waals surface area contributed by atoms with Gasteiger partial charge in [0.15, 0.2) is 0 Å². The molecule has 10 heavy (non-hydrogen) atoms. The Morgan fingerprint density at radius 1 is 1.40 bits per heavy atom. The number of hydrogen-bond acceptors (Lipinski definition) is 1. The number of hydrogen-bond donors (Lipinski definition) is 1. The smallest absolute Gasteiger partial charge is 0.00965 e. The molecule has 0 aliphatic carbocycles. The molecule has 0 amide bonds. The van der Waals surface area contributed by atoms with Crippen LogP contribution in [0.15, 0.2) is 12.7 Å². The van der Waals surface area contributed by atoms with Crippen LogP contribution in [0.25, 0.3) is 0 Å². The van der Waals surface area contributed by atoms with Crippen LogP contribution >= 0.6 is 0 Å². The first-order valence-corrected chi connectivity index (χ1v) is 3.92. The fourth-order valence-corrected chi connectivity index (χ4v) is 0.710. The summed E-state index contributed by atoms with van der Waals surface area (Å²) < 4.78 is 0. The minimum absolute atomic E-state index is 0.265. The fraction of sp³-hybridized carbons (Fsp3) is 0.778. The van der Waals surface area contributed by atoms with Crippen molar-refractivity contribution < 1.29 is 0 Å². The maximum atomic E-state index is 3.67. The highest BCUT2D eigenvalue weighted by Crippen LogP contribution is 1.98. The largest absolute Gasteiger partial charge is 0.312 e. The van der Waals surface area contributed by atoms with Crippen LogP contribution in [0, 0.1) is 0 Å². The highest BCUT2D eigenvalue weighted by atomic mass is 14.9. The first-order chi connectivity index (χ1) is 4.56. The summed E-state index contributed by atoms with van der Waals surface area (Å²) in [4.78, 5) is 0. The predicted octanol–water partition coefficient (Wildman–Crippen LogP) is 2.34. The van der Waals surface area contributed by atoms with E-state index in [1.54, 1.807) is 0 Å². The van der Waals surface area contributed by atoms with Crippen molar-refractivity contribution in [2.24, 2.45) is 0 Å². The molecule has 0 radical (unpaired) electrons. The molecule has 0 saturated heterocycles. The van der Waals surface area contributed by atoms with E-state index in [2.05, 4.69) is 32.7 Å². The van der Waals surface area contributed by atoms with Crippen LogP contribution in [-0.2, 0) is 0 Å². The molecule has 0 aliphatic rings. The van der Waals surface area contributed by atoms with Crippen LogP contribution in [0.1, 0.15) is 33.6 Å². The summed E-state index contributed by atoms with van der Waals surface area (Å²) in [5.74, 6) is 0. The monoisotopic (exact) mass is 141 g/mol.